The molecular formula is C50H99NO9. The van der Waals surface area contributed by atoms with Gasteiger partial charge in [0.25, 0.3) is 0 Å². The maximum Gasteiger partial charge on any atom is 0.385 e. The van der Waals surface area contributed by atoms with Crippen molar-refractivity contribution in [2.45, 2.75) is 146 Å². The lowest BCUT2D eigenvalue weighted by Crippen LogP contribution is -2.60. The van der Waals surface area contributed by atoms with Gasteiger partial charge in [0.15, 0.2) is 6.29 Å². The third kappa shape index (κ3) is 26.0. The zero-order chi connectivity index (χ0) is 43.9. The van der Waals surface area contributed by atoms with Crippen molar-refractivity contribution in [3.05, 3.63) is 0 Å². The molecule has 8 atom stereocenters. The van der Waals surface area contributed by atoms with Crippen molar-refractivity contribution >= 4 is 5.97 Å². The standard InChI is InChI=1S/C50H51NO9.24H2/c1-3-5-7-9-11-13-15-17-18-19-20-21-22-23-24-25-26-27-29-31-33-35-37-39-45(53)59-43(38-36-34-32-30-28-16-14-12-10-8-6-4-2)46(54)42(51)41-58-50-49(57)48(56)47(55)44(40-52)60-50;;;;;;;;;;;;;;;;;;;;;;;;/h42-44,46-50,52,54-57H,4,6,8,10,12,14,16,28,30,32,34,36,38,40-41,51H2,1-2H3;24*1H/t42-,43+,44?,46-,47-,48-,49?,50-;;;;;;;;;;;;;;;;;;;;;;;;/m0......................../s1. The predicted molar refractivity (Wildman–Crippen MR) is 279 cm³/mol. The summed E-state index contributed by atoms with van der Waals surface area (Å²) in [4.78, 5) is 12.6. The molecule has 2 unspecified atom stereocenters. The highest BCUT2D eigenvalue weighted by atomic mass is 16.7. The van der Waals surface area contributed by atoms with Crippen LogP contribution < -0.4 is 5.73 Å². The number of unbranched alkanes of at least 4 members (excludes halogenated alkanes) is 11. The van der Waals surface area contributed by atoms with Crippen LogP contribution in [0, 0.1) is 142 Å². The predicted octanol–water partition coefficient (Wildman–Crippen LogP) is 7.46. The van der Waals surface area contributed by atoms with Crippen LogP contribution in [0.5, 0.6) is 0 Å². The molecule has 1 rings (SSSR count). The second-order valence-corrected chi connectivity index (χ2v) is 12.9. The highest BCUT2D eigenvalue weighted by Gasteiger charge is 2.44. The molecule has 10 heteroatoms. The van der Waals surface area contributed by atoms with E-state index >= 15 is 0 Å². The van der Waals surface area contributed by atoms with E-state index in [4.69, 9.17) is 19.9 Å². The van der Waals surface area contributed by atoms with Gasteiger partial charge in [-0.15, -0.1) is 0 Å². The maximum absolute atomic E-state index is 12.6. The largest absolute Gasteiger partial charge is 0.450 e. The number of nitrogens with two attached hydrogens (primary N) is 1. The van der Waals surface area contributed by atoms with Crippen LogP contribution in [0.1, 0.15) is 132 Å². The van der Waals surface area contributed by atoms with Crippen LogP contribution in [0.3, 0.4) is 0 Å². The minimum atomic E-state index is -1.64. The molecule has 0 aliphatic carbocycles. The van der Waals surface area contributed by atoms with Crippen molar-refractivity contribution in [3.8, 4) is 142 Å². The zero-order valence-electron chi connectivity index (χ0n) is 34.2. The minimum absolute atomic E-state index is 0. The summed E-state index contributed by atoms with van der Waals surface area (Å²) in [6.45, 7) is 2.88. The van der Waals surface area contributed by atoms with Crippen LogP contribution >= 0.6 is 0 Å². The van der Waals surface area contributed by atoms with Gasteiger partial charge in [-0.2, -0.15) is 0 Å². The molecule has 0 radical (unpaired) electrons. The van der Waals surface area contributed by atoms with Crippen molar-refractivity contribution in [2.24, 2.45) is 5.73 Å². The van der Waals surface area contributed by atoms with E-state index in [2.05, 4.69) is 149 Å². The van der Waals surface area contributed by atoms with Gasteiger partial charge in [0.05, 0.1) is 19.3 Å². The minimum Gasteiger partial charge on any atom is -0.450 e. The van der Waals surface area contributed by atoms with Crippen LogP contribution in [-0.4, -0.2) is 93.7 Å². The molecule has 7 N–H and O–H groups in total. The van der Waals surface area contributed by atoms with Crippen LogP contribution in [-0.2, 0) is 19.0 Å². The summed E-state index contributed by atoms with van der Waals surface area (Å²) in [5, 5.41) is 50.8. The fourth-order valence-electron chi connectivity index (χ4n) is 5.21. The van der Waals surface area contributed by atoms with Gasteiger partial charge in [-0.3, -0.25) is 0 Å². The molecule has 1 aliphatic rings. The van der Waals surface area contributed by atoms with E-state index in [1.165, 1.54) is 44.9 Å². The molecule has 1 saturated heterocycles. The van der Waals surface area contributed by atoms with Crippen molar-refractivity contribution in [2.75, 3.05) is 13.2 Å². The van der Waals surface area contributed by atoms with Crippen LogP contribution in [0.4, 0.5) is 0 Å². The number of carbonyl (C=O) groups is 1. The molecular weight excluding hydrogens is 759 g/mol. The highest BCUT2D eigenvalue weighted by molar-refractivity contribution is 5.89. The van der Waals surface area contributed by atoms with Crippen LogP contribution in [0.2, 0.25) is 0 Å². The maximum atomic E-state index is 12.6. The Kier molecular flexibility index (Phi) is 31.1. The number of rotatable bonds is 20. The first-order chi connectivity index (χ1) is 29.3. The molecule has 0 spiro atoms. The normalized spacial score (nSPS) is 17.8. The third-order valence-electron chi connectivity index (χ3n) is 8.32. The Hall–Kier alpha value is -6.13. The molecule has 358 valence electrons. The summed E-state index contributed by atoms with van der Waals surface area (Å²) in [6.07, 6.45) is 4.01. The van der Waals surface area contributed by atoms with E-state index in [1.807, 2.05) is 0 Å². The lowest BCUT2D eigenvalue weighted by molar-refractivity contribution is -0.302. The Morgan fingerprint density at radius 2 is 1.02 bits per heavy atom. The van der Waals surface area contributed by atoms with Crippen LogP contribution in [0.15, 0.2) is 0 Å². The Labute approximate surface area is 392 Å². The second kappa shape index (κ2) is 36.0. The molecule has 60 heavy (non-hydrogen) atoms. The van der Waals surface area contributed by atoms with E-state index in [0.717, 1.165) is 25.7 Å². The first-order valence-corrected chi connectivity index (χ1v) is 19.8. The molecule has 0 aromatic heterocycles. The van der Waals surface area contributed by atoms with Gasteiger partial charge in [-0.05, 0) is 114 Å². The van der Waals surface area contributed by atoms with Crippen molar-refractivity contribution in [3.63, 3.8) is 0 Å². The smallest absolute Gasteiger partial charge is 0.385 e. The summed E-state index contributed by atoms with van der Waals surface area (Å²) < 4.78 is 16.3. The third-order valence-corrected chi connectivity index (χ3v) is 8.32. The Morgan fingerprint density at radius 1 is 0.617 bits per heavy atom. The summed E-state index contributed by atoms with van der Waals surface area (Å²) in [6, 6.07) is -1.11. The number of esters is 1. The first-order valence-electron chi connectivity index (χ1n) is 19.8. The lowest BCUT2D eigenvalue weighted by atomic mass is 9.98. The molecule has 0 aromatic rings. The summed E-state index contributed by atoms with van der Waals surface area (Å²) in [7, 11) is 0. The molecule has 0 aromatic carbocycles. The number of carbonyl (C=O) groups excluding carboxylic acids is 1. The van der Waals surface area contributed by atoms with E-state index < -0.39 is 61.5 Å². The van der Waals surface area contributed by atoms with E-state index in [-0.39, 0.29) is 40.8 Å². The molecule has 1 fully saturated rings. The Bertz CT molecular complexity index is 2210. The van der Waals surface area contributed by atoms with Gasteiger partial charge in [0.2, 0.25) is 0 Å². The van der Waals surface area contributed by atoms with Crippen LogP contribution in [0.25, 0.3) is 0 Å². The van der Waals surface area contributed by atoms with Gasteiger partial charge in [0, 0.05) is 75.7 Å². The number of hydrogen-bond donors (Lipinski definition) is 6. The molecule has 0 bridgehead atoms. The topological polar surface area (TPSA) is 172 Å². The lowest BCUT2D eigenvalue weighted by Gasteiger charge is -2.40. The number of aliphatic hydroxyl groups excluding tert-OH is 5. The van der Waals surface area contributed by atoms with E-state index in [9.17, 15) is 30.3 Å². The highest BCUT2D eigenvalue weighted by Crippen LogP contribution is 2.23. The SMILES string of the molecule is CC#CC#CC#CC#CC#CC#CC#CC#CC#CC#CC#CC#CC(=O)O[C@H](CCCCCCCCCCCCCC)[C@@H](O)[C@@H](N)CO[C@H]1OC(CO)[C@H](O)[C@H](O)C1O.[HH].[HH].[HH].[HH].[HH].[HH].[HH].[HH].[HH].[HH].[HH].[HH].[HH].[HH].[HH].[HH].[HH].[HH].[HH].[HH].[HH].[HH].[HH].[HH]. The van der Waals surface area contributed by atoms with Gasteiger partial charge < -0.3 is 45.5 Å². The molecule has 1 heterocycles. The van der Waals surface area contributed by atoms with E-state index in [0.29, 0.717) is 12.8 Å². The van der Waals surface area contributed by atoms with Crippen molar-refractivity contribution in [1.82, 2.24) is 0 Å². The molecule has 1 aliphatic heterocycles. The summed E-state index contributed by atoms with van der Waals surface area (Å²) in [5.41, 5.74) is 6.20. The Balaban J connectivity index is -0.0000000682. The van der Waals surface area contributed by atoms with Gasteiger partial charge in [-0.25, -0.2) is 4.79 Å². The number of aliphatic hydroxyl groups is 5. The molecule has 0 amide bonds. The zero-order valence-corrected chi connectivity index (χ0v) is 34.2. The number of ether oxygens (including phenoxy) is 3. The van der Waals surface area contributed by atoms with Gasteiger partial charge in [0.1, 0.15) is 36.6 Å². The van der Waals surface area contributed by atoms with Gasteiger partial charge >= 0.3 is 5.97 Å². The quantitative estimate of drug-likeness (QED) is 0.0313. The fourth-order valence-corrected chi connectivity index (χ4v) is 5.21. The van der Waals surface area contributed by atoms with Gasteiger partial charge in [-0.1, -0.05) is 83.5 Å². The summed E-state index contributed by atoms with van der Waals surface area (Å²) >= 11 is 0. The fraction of sp³-hybridized carbons (Fsp3) is 0.500. The molecule has 0 saturated carbocycles. The monoisotopic (exact) mass is 858 g/mol. The average Bonchev–Trinajstić information content (AvgIpc) is 3.25. The first kappa shape index (κ1) is 51.9. The van der Waals surface area contributed by atoms with Crippen molar-refractivity contribution in [1.29, 1.82) is 0 Å². The average molecular weight is 858 g/mol. The second-order valence-electron chi connectivity index (χ2n) is 12.9. The van der Waals surface area contributed by atoms with E-state index in [1.54, 1.807) is 6.92 Å². The summed E-state index contributed by atoms with van der Waals surface area (Å²) in [5.74, 6) is 58.6. The Morgan fingerprint density at radius 3 is 1.43 bits per heavy atom. The van der Waals surface area contributed by atoms with Crippen molar-refractivity contribution < 1.29 is 78.8 Å². The number of hydrogen-bond acceptors (Lipinski definition) is 10. The molecule has 10 nitrogen and oxygen atoms in total.